The molecule has 0 aliphatic heterocycles. The third-order valence-corrected chi connectivity index (χ3v) is 2.81. The molecule has 0 spiro atoms. The molecule has 0 heterocycles. The highest BCUT2D eigenvalue weighted by Gasteiger charge is 2.23. The second-order valence-electron chi connectivity index (χ2n) is 4.27. The fourth-order valence-electron chi connectivity index (χ4n) is 1.82. The van der Waals surface area contributed by atoms with E-state index in [2.05, 4.69) is 0 Å². The summed E-state index contributed by atoms with van der Waals surface area (Å²) in [7, 11) is 0. The van der Waals surface area contributed by atoms with Gasteiger partial charge in [-0.1, -0.05) is 31.2 Å². The minimum Gasteiger partial charge on any atom is -0.481 e. The molecule has 1 aromatic carbocycles. The standard InChI is InChI=1S/C13H18O3/c1-9(8-14)7-12(13(15)16)11-6-4-3-5-10(11)2/h3-6,9,12,14H,7-8H2,1-2H3,(H,15,16). The van der Waals surface area contributed by atoms with Crippen molar-refractivity contribution >= 4 is 5.97 Å². The van der Waals surface area contributed by atoms with Gasteiger partial charge in [0.1, 0.15) is 0 Å². The van der Waals surface area contributed by atoms with E-state index in [-0.39, 0.29) is 12.5 Å². The van der Waals surface area contributed by atoms with E-state index >= 15 is 0 Å². The Labute approximate surface area is 95.7 Å². The van der Waals surface area contributed by atoms with Crippen LogP contribution >= 0.6 is 0 Å². The molecule has 0 aromatic heterocycles. The lowest BCUT2D eigenvalue weighted by atomic mass is 9.87. The summed E-state index contributed by atoms with van der Waals surface area (Å²) in [5.41, 5.74) is 1.83. The van der Waals surface area contributed by atoms with Gasteiger partial charge in [0.15, 0.2) is 0 Å². The first-order valence-corrected chi connectivity index (χ1v) is 5.45. The summed E-state index contributed by atoms with van der Waals surface area (Å²) in [6.07, 6.45) is 0.469. The molecular weight excluding hydrogens is 204 g/mol. The first kappa shape index (κ1) is 12.7. The monoisotopic (exact) mass is 222 g/mol. The van der Waals surface area contributed by atoms with Gasteiger partial charge in [0.25, 0.3) is 0 Å². The molecule has 2 unspecified atom stereocenters. The molecule has 0 fully saturated rings. The van der Waals surface area contributed by atoms with E-state index in [0.717, 1.165) is 11.1 Å². The smallest absolute Gasteiger partial charge is 0.310 e. The average Bonchev–Trinajstić information content (AvgIpc) is 2.26. The molecule has 3 heteroatoms. The highest BCUT2D eigenvalue weighted by atomic mass is 16.4. The van der Waals surface area contributed by atoms with E-state index in [1.54, 1.807) is 0 Å². The Hall–Kier alpha value is -1.35. The second kappa shape index (κ2) is 5.66. The van der Waals surface area contributed by atoms with E-state index in [0.29, 0.717) is 6.42 Å². The number of carbonyl (C=O) groups is 1. The summed E-state index contributed by atoms with van der Waals surface area (Å²) in [4.78, 5) is 11.2. The first-order chi connectivity index (χ1) is 7.56. The van der Waals surface area contributed by atoms with Gasteiger partial charge in [-0.05, 0) is 30.4 Å². The zero-order valence-electron chi connectivity index (χ0n) is 9.68. The molecule has 88 valence electrons. The van der Waals surface area contributed by atoms with Crippen LogP contribution in [-0.2, 0) is 4.79 Å². The van der Waals surface area contributed by atoms with Crippen LogP contribution < -0.4 is 0 Å². The van der Waals surface area contributed by atoms with Crippen molar-refractivity contribution < 1.29 is 15.0 Å². The number of hydrogen-bond donors (Lipinski definition) is 2. The van der Waals surface area contributed by atoms with Crippen LogP contribution in [0.15, 0.2) is 24.3 Å². The van der Waals surface area contributed by atoms with Gasteiger partial charge in [0, 0.05) is 6.61 Å². The highest BCUT2D eigenvalue weighted by molar-refractivity contribution is 5.76. The summed E-state index contributed by atoms with van der Waals surface area (Å²) < 4.78 is 0. The van der Waals surface area contributed by atoms with Gasteiger partial charge < -0.3 is 10.2 Å². The number of aliphatic hydroxyl groups excluding tert-OH is 1. The van der Waals surface area contributed by atoms with Gasteiger partial charge in [-0.2, -0.15) is 0 Å². The molecule has 0 amide bonds. The van der Waals surface area contributed by atoms with Crippen molar-refractivity contribution in [2.45, 2.75) is 26.2 Å². The van der Waals surface area contributed by atoms with E-state index in [1.807, 2.05) is 38.1 Å². The molecule has 0 bridgehead atoms. The third-order valence-electron chi connectivity index (χ3n) is 2.81. The Morgan fingerprint density at radius 1 is 1.38 bits per heavy atom. The summed E-state index contributed by atoms with van der Waals surface area (Å²) >= 11 is 0. The van der Waals surface area contributed by atoms with Crippen molar-refractivity contribution in [3.05, 3.63) is 35.4 Å². The molecule has 2 N–H and O–H groups in total. The number of aryl methyl sites for hydroxylation is 1. The Kier molecular flexibility index (Phi) is 4.50. The predicted molar refractivity (Wildman–Crippen MR) is 62.4 cm³/mol. The largest absolute Gasteiger partial charge is 0.481 e. The Balaban J connectivity index is 2.94. The molecule has 16 heavy (non-hydrogen) atoms. The molecule has 2 atom stereocenters. The van der Waals surface area contributed by atoms with E-state index in [1.165, 1.54) is 0 Å². The average molecular weight is 222 g/mol. The molecule has 1 rings (SSSR count). The number of carboxylic acids is 1. The maximum atomic E-state index is 11.2. The lowest BCUT2D eigenvalue weighted by Gasteiger charge is -2.18. The number of hydrogen-bond acceptors (Lipinski definition) is 2. The summed E-state index contributed by atoms with van der Waals surface area (Å²) in [5.74, 6) is -1.35. The molecule has 0 saturated carbocycles. The van der Waals surface area contributed by atoms with E-state index < -0.39 is 11.9 Å². The Morgan fingerprint density at radius 2 is 2.00 bits per heavy atom. The molecule has 3 nitrogen and oxygen atoms in total. The second-order valence-corrected chi connectivity index (χ2v) is 4.27. The van der Waals surface area contributed by atoms with Crippen molar-refractivity contribution in [3.8, 4) is 0 Å². The van der Waals surface area contributed by atoms with Crippen molar-refractivity contribution in [1.82, 2.24) is 0 Å². The van der Waals surface area contributed by atoms with Crippen molar-refractivity contribution in [2.75, 3.05) is 6.61 Å². The van der Waals surface area contributed by atoms with Gasteiger partial charge in [-0.25, -0.2) is 0 Å². The summed E-state index contributed by atoms with van der Waals surface area (Å²) in [5, 5.41) is 18.2. The molecule has 1 aromatic rings. The number of aliphatic hydroxyl groups is 1. The number of carboxylic acid groups (broad SMARTS) is 1. The van der Waals surface area contributed by atoms with Crippen molar-refractivity contribution in [3.63, 3.8) is 0 Å². The third kappa shape index (κ3) is 3.07. The van der Waals surface area contributed by atoms with Gasteiger partial charge in [-0.3, -0.25) is 4.79 Å². The van der Waals surface area contributed by atoms with Crippen LogP contribution in [0.5, 0.6) is 0 Å². The summed E-state index contributed by atoms with van der Waals surface area (Å²) in [6, 6.07) is 7.50. The van der Waals surface area contributed by atoms with E-state index in [9.17, 15) is 9.90 Å². The Bertz CT molecular complexity index is 360. The first-order valence-electron chi connectivity index (χ1n) is 5.45. The molecular formula is C13H18O3. The van der Waals surface area contributed by atoms with Crippen LogP contribution in [0.4, 0.5) is 0 Å². The van der Waals surface area contributed by atoms with Crippen LogP contribution in [0.25, 0.3) is 0 Å². The van der Waals surface area contributed by atoms with Crippen LogP contribution in [0.1, 0.15) is 30.4 Å². The van der Waals surface area contributed by atoms with Gasteiger partial charge in [0.2, 0.25) is 0 Å². The topological polar surface area (TPSA) is 57.5 Å². The minimum atomic E-state index is -0.824. The molecule has 0 aliphatic rings. The zero-order valence-corrected chi connectivity index (χ0v) is 9.68. The Morgan fingerprint density at radius 3 is 2.50 bits per heavy atom. The fourth-order valence-corrected chi connectivity index (χ4v) is 1.82. The van der Waals surface area contributed by atoms with Crippen molar-refractivity contribution in [1.29, 1.82) is 0 Å². The predicted octanol–water partition coefficient (Wildman–Crippen LogP) is 2.18. The van der Waals surface area contributed by atoms with Gasteiger partial charge in [-0.15, -0.1) is 0 Å². The van der Waals surface area contributed by atoms with E-state index in [4.69, 9.17) is 5.11 Å². The molecule has 0 saturated heterocycles. The minimum absolute atomic E-state index is 0.000654. The maximum absolute atomic E-state index is 11.2. The van der Waals surface area contributed by atoms with Gasteiger partial charge >= 0.3 is 5.97 Å². The van der Waals surface area contributed by atoms with Crippen LogP contribution in [0, 0.1) is 12.8 Å². The highest BCUT2D eigenvalue weighted by Crippen LogP contribution is 2.26. The van der Waals surface area contributed by atoms with Crippen molar-refractivity contribution in [2.24, 2.45) is 5.92 Å². The van der Waals surface area contributed by atoms with Crippen LogP contribution in [0.3, 0.4) is 0 Å². The summed E-state index contributed by atoms with van der Waals surface area (Å²) in [6.45, 7) is 3.79. The number of rotatable bonds is 5. The maximum Gasteiger partial charge on any atom is 0.310 e. The molecule has 0 aliphatic carbocycles. The lowest BCUT2D eigenvalue weighted by Crippen LogP contribution is -2.17. The number of aliphatic carboxylic acids is 1. The SMILES string of the molecule is Cc1ccccc1C(CC(C)CO)C(=O)O. The van der Waals surface area contributed by atoms with Gasteiger partial charge in [0.05, 0.1) is 5.92 Å². The normalized spacial score (nSPS) is 14.4. The van der Waals surface area contributed by atoms with Crippen LogP contribution in [0.2, 0.25) is 0 Å². The number of benzene rings is 1. The van der Waals surface area contributed by atoms with Crippen LogP contribution in [-0.4, -0.2) is 22.8 Å². The zero-order chi connectivity index (χ0) is 12.1. The molecule has 0 radical (unpaired) electrons. The fraction of sp³-hybridized carbons (Fsp3) is 0.462. The lowest BCUT2D eigenvalue weighted by molar-refractivity contribution is -0.139. The quantitative estimate of drug-likeness (QED) is 0.802.